The highest BCUT2D eigenvalue weighted by atomic mass is 32.2. The third-order valence-electron chi connectivity index (χ3n) is 3.44. The summed E-state index contributed by atoms with van der Waals surface area (Å²) in [4.78, 5) is 10.5. The fraction of sp³-hybridized carbons (Fsp3) is 0.909. The smallest absolute Gasteiger partial charge is 0.320 e. The summed E-state index contributed by atoms with van der Waals surface area (Å²) in [7, 11) is -3.75. The van der Waals surface area contributed by atoms with Crippen LogP contribution in [0.15, 0.2) is 0 Å². The highest BCUT2D eigenvalue weighted by Crippen LogP contribution is 2.31. The Kier molecular flexibility index (Phi) is 5.12. The van der Waals surface area contributed by atoms with Gasteiger partial charge in [0.15, 0.2) is 5.75 Å². The number of carbonyl (C=O) groups is 1. The number of hydrogen-bond acceptors (Lipinski definition) is 4. The molecule has 1 aliphatic rings. The van der Waals surface area contributed by atoms with Gasteiger partial charge in [-0.25, -0.2) is 13.1 Å². The number of carboxylic acid groups (broad SMARTS) is 1. The van der Waals surface area contributed by atoms with Gasteiger partial charge in [0, 0.05) is 12.6 Å². The quantitative estimate of drug-likeness (QED) is 0.747. The molecular weight excluding hydrogens is 258 g/mol. The molecule has 0 aromatic carbocycles. The number of hydrogen-bond donors (Lipinski definition) is 2. The molecule has 1 fully saturated rings. The van der Waals surface area contributed by atoms with Gasteiger partial charge in [-0.3, -0.25) is 4.79 Å². The fourth-order valence-electron chi connectivity index (χ4n) is 2.33. The van der Waals surface area contributed by atoms with E-state index in [9.17, 15) is 13.2 Å². The van der Waals surface area contributed by atoms with Crippen molar-refractivity contribution in [3.05, 3.63) is 0 Å². The van der Waals surface area contributed by atoms with Crippen molar-refractivity contribution in [3.63, 3.8) is 0 Å². The summed E-state index contributed by atoms with van der Waals surface area (Å²) < 4.78 is 31.3. The number of rotatable bonds is 6. The van der Waals surface area contributed by atoms with Crippen LogP contribution in [0.5, 0.6) is 0 Å². The van der Waals surface area contributed by atoms with Crippen molar-refractivity contribution in [1.82, 2.24) is 4.72 Å². The van der Waals surface area contributed by atoms with Crippen LogP contribution in [0.25, 0.3) is 0 Å². The van der Waals surface area contributed by atoms with Crippen LogP contribution in [0.3, 0.4) is 0 Å². The van der Waals surface area contributed by atoms with Crippen LogP contribution in [-0.2, 0) is 19.6 Å². The summed E-state index contributed by atoms with van der Waals surface area (Å²) >= 11 is 0. The molecule has 0 radical (unpaired) electrons. The van der Waals surface area contributed by atoms with Crippen molar-refractivity contribution in [1.29, 1.82) is 0 Å². The molecule has 0 saturated carbocycles. The number of sulfonamides is 1. The molecule has 1 rings (SSSR count). The van der Waals surface area contributed by atoms with Gasteiger partial charge in [0.2, 0.25) is 10.0 Å². The summed E-state index contributed by atoms with van der Waals surface area (Å²) in [5, 5.41) is 8.53. The maximum absolute atomic E-state index is 11.6. The number of carboxylic acids is 1. The van der Waals surface area contributed by atoms with Crippen LogP contribution in [0, 0.1) is 0 Å². The summed E-state index contributed by atoms with van der Waals surface area (Å²) in [5.74, 6) is -2.22. The molecule has 0 aliphatic carbocycles. The Morgan fingerprint density at radius 3 is 2.56 bits per heavy atom. The maximum Gasteiger partial charge on any atom is 0.320 e. The van der Waals surface area contributed by atoms with E-state index in [1.54, 1.807) is 0 Å². The lowest BCUT2D eigenvalue weighted by molar-refractivity contribution is -0.134. The second-order valence-electron chi connectivity index (χ2n) is 4.70. The molecule has 6 nitrogen and oxygen atoms in total. The van der Waals surface area contributed by atoms with Gasteiger partial charge in [0.1, 0.15) is 0 Å². The normalized spacial score (nSPS) is 23.8. The molecule has 1 heterocycles. The van der Waals surface area contributed by atoms with E-state index in [2.05, 4.69) is 4.72 Å². The summed E-state index contributed by atoms with van der Waals surface area (Å²) in [6.45, 7) is 4.52. The van der Waals surface area contributed by atoms with Crippen molar-refractivity contribution >= 4 is 16.0 Å². The standard InChI is InChI=1S/C11H21NO5S/c1-3-11(4-2)7-9(5-6-17-11)12-18(15,16)8-10(13)14/h9,12H,3-8H2,1-2H3,(H,13,14). The molecule has 0 bridgehead atoms. The van der Waals surface area contributed by atoms with Crippen molar-refractivity contribution in [2.75, 3.05) is 12.4 Å². The molecule has 0 aromatic heterocycles. The van der Waals surface area contributed by atoms with Crippen LogP contribution in [-0.4, -0.2) is 43.5 Å². The number of nitrogens with one attached hydrogen (secondary N) is 1. The van der Waals surface area contributed by atoms with Crippen LogP contribution in [0.4, 0.5) is 0 Å². The zero-order valence-corrected chi connectivity index (χ0v) is 11.6. The molecule has 1 saturated heterocycles. The van der Waals surface area contributed by atoms with Crippen LogP contribution in [0.1, 0.15) is 39.5 Å². The van der Waals surface area contributed by atoms with E-state index in [1.807, 2.05) is 13.8 Å². The zero-order valence-electron chi connectivity index (χ0n) is 10.8. The molecule has 2 N–H and O–H groups in total. The molecule has 0 amide bonds. The van der Waals surface area contributed by atoms with Gasteiger partial charge in [-0.2, -0.15) is 0 Å². The minimum atomic E-state index is -3.75. The minimum absolute atomic E-state index is 0.233. The molecule has 0 aromatic rings. The monoisotopic (exact) mass is 279 g/mol. The predicted molar refractivity (Wildman–Crippen MR) is 66.8 cm³/mol. The summed E-state index contributed by atoms with van der Waals surface area (Å²) in [5.41, 5.74) is -0.283. The van der Waals surface area contributed by atoms with Gasteiger partial charge < -0.3 is 9.84 Å². The second-order valence-corrected chi connectivity index (χ2v) is 6.45. The second kappa shape index (κ2) is 5.99. The van der Waals surface area contributed by atoms with Crippen molar-refractivity contribution in [2.45, 2.75) is 51.2 Å². The SMILES string of the molecule is CCC1(CC)CC(NS(=O)(=O)CC(=O)O)CCO1. The van der Waals surface area contributed by atoms with E-state index in [0.29, 0.717) is 19.4 Å². The Hall–Kier alpha value is -0.660. The van der Waals surface area contributed by atoms with Crippen LogP contribution in [0.2, 0.25) is 0 Å². The van der Waals surface area contributed by atoms with Gasteiger partial charge in [-0.15, -0.1) is 0 Å². The Bertz CT molecular complexity index is 388. The van der Waals surface area contributed by atoms with Gasteiger partial charge >= 0.3 is 5.97 Å². The van der Waals surface area contributed by atoms with E-state index in [-0.39, 0.29) is 11.6 Å². The van der Waals surface area contributed by atoms with E-state index in [1.165, 1.54) is 0 Å². The first-order valence-electron chi connectivity index (χ1n) is 6.18. The topological polar surface area (TPSA) is 92.7 Å². The third-order valence-corrected chi connectivity index (χ3v) is 4.76. The average molecular weight is 279 g/mol. The molecule has 1 unspecified atom stereocenters. The van der Waals surface area contributed by atoms with E-state index in [4.69, 9.17) is 9.84 Å². The highest BCUT2D eigenvalue weighted by molar-refractivity contribution is 7.90. The molecule has 1 aliphatic heterocycles. The van der Waals surface area contributed by atoms with Crippen LogP contribution < -0.4 is 4.72 Å². The van der Waals surface area contributed by atoms with E-state index < -0.39 is 21.7 Å². The predicted octanol–water partition coefficient (Wildman–Crippen LogP) is 0.728. The zero-order chi connectivity index (χ0) is 13.8. The molecule has 18 heavy (non-hydrogen) atoms. The molecule has 1 atom stereocenters. The Labute approximate surface area is 108 Å². The molecule has 0 spiro atoms. The average Bonchev–Trinajstić information content (AvgIpc) is 2.26. The highest BCUT2D eigenvalue weighted by Gasteiger charge is 2.36. The molecule has 7 heteroatoms. The van der Waals surface area contributed by atoms with Crippen molar-refractivity contribution in [2.24, 2.45) is 0 Å². The van der Waals surface area contributed by atoms with Gasteiger partial charge in [0.05, 0.1) is 5.60 Å². The lowest BCUT2D eigenvalue weighted by atomic mass is 9.86. The summed E-state index contributed by atoms with van der Waals surface area (Å²) in [6.07, 6.45) is 2.82. The first kappa shape index (κ1) is 15.4. The lowest BCUT2D eigenvalue weighted by Crippen LogP contribution is -2.49. The Balaban J connectivity index is 2.65. The number of aliphatic carboxylic acids is 1. The lowest BCUT2D eigenvalue weighted by Gasteiger charge is -2.40. The minimum Gasteiger partial charge on any atom is -0.480 e. The first-order chi connectivity index (χ1) is 8.32. The van der Waals surface area contributed by atoms with Crippen LogP contribution >= 0.6 is 0 Å². The largest absolute Gasteiger partial charge is 0.480 e. The Morgan fingerprint density at radius 2 is 2.06 bits per heavy atom. The van der Waals surface area contributed by atoms with Crippen molar-refractivity contribution < 1.29 is 23.1 Å². The van der Waals surface area contributed by atoms with E-state index in [0.717, 1.165) is 12.8 Å². The maximum atomic E-state index is 11.6. The van der Waals surface area contributed by atoms with Gasteiger partial charge in [-0.1, -0.05) is 13.8 Å². The molecule has 106 valence electrons. The van der Waals surface area contributed by atoms with Gasteiger partial charge in [0.25, 0.3) is 0 Å². The van der Waals surface area contributed by atoms with E-state index >= 15 is 0 Å². The number of ether oxygens (including phenoxy) is 1. The first-order valence-corrected chi connectivity index (χ1v) is 7.83. The Morgan fingerprint density at radius 1 is 1.44 bits per heavy atom. The summed E-state index contributed by atoms with van der Waals surface area (Å²) in [6, 6.07) is -0.233. The molecular formula is C11H21NO5S. The third kappa shape index (κ3) is 4.22. The van der Waals surface area contributed by atoms with Gasteiger partial charge in [-0.05, 0) is 25.7 Å². The van der Waals surface area contributed by atoms with Crippen molar-refractivity contribution in [3.8, 4) is 0 Å². The fourth-order valence-corrected chi connectivity index (χ4v) is 3.45.